The third-order valence-corrected chi connectivity index (χ3v) is 6.18. The maximum atomic E-state index is 13.2. The summed E-state index contributed by atoms with van der Waals surface area (Å²) in [5, 5.41) is 5.40. The number of rotatable bonds is 3. The number of hydrogen-bond donors (Lipinski definition) is 1. The summed E-state index contributed by atoms with van der Waals surface area (Å²) in [6, 6.07) is 22.2. The van der Waals surface area contributed by atoms with E-state index in [9.17, 15) is 4.79 Å². The minimum absolute atomic E-state index is 0.257. The van der Waals surface area contributed by atoms with Crippen LogP contribution in [0.4, 0.5) is 5.13 Å². The van der Waals surface area contributed by atoms with Crippen molar-refractivity contribution in [1.82, 2.24) is 9.97 Å². The first-order valence-electron chi connectivity index (χ1n) is 9.10. The normalized spacial score (nSPS) is 11.1. The fourth-order valence-electron chi connectivity index (χ4n) is 3.29. The number of anilines is 1. The second kappa shape index (κ2) is 7.69. The van der Waals surface area contributed by atoms with Gasteiger partial charge in [0, 0.05) is 21.0 Å². The Morgan fingerprint density at radius 2 is 1.67 bits per heavy atom. The van der Waals surface area contributed by atoms with E-state index in [-0.39, 0.29) is 5.91 Å². The molecule has 0 atom stereocenters. The molecule has 0 fully saturated rings. The van der Waals surface area contributed by atoms with E-state index in [1.165, 1.54) is 11.3 Å². The molecular weight excluding hydrogens is 437 g/mol. The molecule has 0 bridgehead atoms. The molecule has 0 spiro atoms. The highest BCUT2D eigenvalue weighted by molar-refractivity contribution is 7.22. The van der Waals surface area contributed by atoms with Crippen LogP contribution in [0.5, 0.6) is 0 Å². The Labute approximate surface area is 186 Å². The van der Waals surface area contributed by atoms with Crippen LogP contribution in [0.1, 0.15) is 10.4 Å². The number of nitrogens with one attached hydrogen (secondary N) is 1. The molecule has 0 aliphatic heterocycles. The lowest BCUT2D eigenvalue weighted by Gasteiger charge is -2.10. The van der Waals surface area contributed by atoms with E-state index < -0.39 is 0 Å². The Hall–Kier alpha value is -2.99. The molecule has 5 aromatic rings. The predicted molar refractivity (Wildman–Crippen MR) is 125 cm³/mol. The first kappa shape index (κ1) is 19.0. The van der Waals surface area contributed by atoms with E-state index in [0.29, 0.717) is 26.4 Å². The lowest BCUT2D eigenvalue weighted by Crippen LogP contribution is -2.13. The molecule has 0 aliphatic rings. The van der Waals surface area contributed by atoms with Crippen LogP contribution < -0.4 is 5.32 Å². The zero-order chi connectivity index (χ0) is 20.7. The van der Waals surface area contributed by atoms with E-state index in [1.807, 2.05) is 54.6 Å². The predicted octanol–water partition coefficient (Wildman–Crippen LogP) is 7.07. The number of carbonyl (C=O) groups is 1. The van der Waals surface area contributed by atoms with Gasteiger partial charge in [0.1, 0.15) is 0 Å². The molecule has 0 saturated heterocycles. The van der Waals surface area contributed by atoms with Crippen molar-refractivity contribution in [3.05, 3.63) is 88.4 Å². The van der Waals surface area contributed by atoms with Crippen LogP contribution in [0, 0.1) is 0 Å². The largest absolute Gasteiger partial charge is 0.298 e. The zero-order valence-electron chi connectivity index (χ0n) is 15.4. The summed E-state index contributed by atoms with van der Waals surface area (Å²) in [4.78, 5) is 22.4. The number of hydrogen-bond acceptors (Lipinski definition) is 4. The van der Waals surface area contributed by atoms with Crippen molar-refractivity contribution in [1.29, 1.82) is 0 Å². The van der Waals surface area contributed by atoms with Crippen molar-refractivity contribution >= 4 is 66.7 Å². The Bertz CT molecular complexity index is 1430. The molecule has 1 amide bonds. The van der Waals surface area contributed by atoms with Gasteiger partial charge in [-0.15, -0.1) is 0 Å². The minimum atomic E-state index is -0.257. The molecule has 0 radical (unpaired) electrons. The lowest BCUT2D eigenvalue weighted by molar-refractivity contribution is 0.102. The third kappa shape index (κ3) is 3.52. The summed E-state index contributed by atoms with van der Waals surface area (Å²) in [5.41, 5.74) is 3.43. The van der Waals surface area contributed by atoms with Gasteiger partial charge in [0.25, 0.3) is 5.91 Å². The Kier molecular flexibility index (Phi) is 4.87. The molecule has 3 aromatic carbocycles. The van der Waals surface area contributed by atoms with E-state index >= 15 is 0 Å². The molecule has 1 N–H and O–H groups in total. The number of halogens is 2. The number of carbonyl (C=O) groups excluding carboxylic acids is 1. The highest BCUT2D eigenvalue weighted by Crippen LogP contribution is 2.32. The minimum Gasteiger partial charge on any atom is -0.298 e. The second-order valence-electron chi connectivity index (χ2n) is 6.64. The topological polar surface area (TPSA) is 54.9 Å². The number of amides is 1. The quantitative estimate of drug-likeness (QED) is 0.320. The van der Waals surface area contributed by atoms with Crippen molar-refractivity contribution in [2.75, 3.05) is 5.32 Å². The van der Waals surface area contributed by atoms with Gasteiger partial charge in [-0.05, 0) is 36.4 Å². The average Bonchev–Trinajstić information content (AvgIpc) is 3.14. The Balaban J connectivity index is 1.59. The van der Waals surface area contributed by atoms with Crippen LogP contribution in [0.2, 0.25) is 10.0 Å². The zero-order valence-corrected chi connectivity index (χ0v) is 17.7. The van der Waals surface area contributed by atoms with Crippen molar-refractivity contribution in [2.45, 2.75) is 0 Å². The fraction of sp³-hybridized carbons (Fsp3) is 0. The van der Waals surface area contributed by atoms with E-state index in [1.54, 1.807) is 18.2 Å². The molecule has 0 aliphatic carbocycles. The molecule has 4 nitrogen and oxygen atoms in total. The standard InChI is InChI=1S/C23H13Cl2N3OS/c24-13-9-10-19-21(11-13)30-23(27-19)28-22(29)16-12-20(15-6-1-3-7-17(15)25)26-18-8-4-2-5-14(16)18/h1-12H,(H,27,28,29). The molecule has 5 rings (SSSR count). The van der Waals surface area contributed by atoms with Crippen LogP contribution in [0.3, 0.4) is 0 Å². The van der Waals surface area contributed by atoms with Gasteiger partial charge in [0.05, 0.1) is 27.0 Å². The summed E-state index contributed by atoms with van der Waals surface area (Å²) < 4.78 is 0.911. The maximum Gasteiger partial charge on any atom is 0.258 e. The number of pyridine rings is 1. The van der Waals surface area contributed by atoms with Crippen molar-refractivity contribution < 1.29 is 4.79 Å². The van der Waals surface area contributed by atoms with Crippen molar-refractivity contribution in [3.8, 4) is 11.3 Å². The number of thiazole rings is 1. The smallest absolute Gasteiger partial charge is 0.258 e. The SMILES string of the molecule is O=C(Nc1nc2ccc(Cl)cc2s1)c1cc(-c2ccccc2Cl)nc2ccccc12. The second-order valence-corrected chi connectivity index (χ2v) is 8.51. The maximum absolute atomic E-state index is 13.2. The van der Waals surface area contributed by atoms with Gasteiger partial charge >= 0.3 is 0 Å². The molecule has 7 heteroatoms. The van der Waals surface area contributed by atoms with Gasteiger partial charge in [-0.3, -0.25) is 10.1 Å². The first-order valence-corrected chi connectivity index (χ1v) is 10.7. The molecule has 30 heavy (non-hydrogen) atoms. The first-order chi connectivity index (χ1) is 14.6. The number of nitrogens with zero attached hydrogens (tertiary/aromatic N) is 2. The highest BCUT2D eigenvalue weighted by atomic mass is 35.5. The van der Waals surface area contributed by atoms with Crippen molar-refractivity contribution in [2.24, 2.45) is 0 Å². The van der Waals surface area contributed by atoms with Crippen LogP contribution in [0.15, 0.2) is 72.8 Å². The van der Waals surface area contributed by atoms with Gasteiger partial charge in [-0.2, -0.15) is 0 Å². The molecule has 0 saturated carbocycles. The van der Waals surface area contributed by atoms with Crippen molar-refractivity contribution in [3.63, 3.8) is 0 Å². The van der Waals surface area contributed by atoms with E-state index in [0.717, 1.165) is 26.7 Å². The lowest BCUT2D eigenvalue weighted by atomic mass is 10.0. The Morgan fingerprint density at radius 3 is 2.53 bits per heavy atom. The van der Waals surface area contributed by atoms with Crippen LogP contribution in [-0.2, 0) is 0 Å². The van der Waals surface area contributed by atoms with Gasteiger partial charge < -0.3 is 0 Å². The van der Waals surface area contributed by atoms with E-state index in [4.69, 9.17) is 28.2 Å². The summed E-state index contributed by atoms with van der Waals surface area (Å²) in [7, 11) is 0. The summed E-state index contributed by atoms with van der Waals surface area (Å²) in [6.45, 7) is 0. The number of benzene rings is 3. The monoisotopic (exact) mass is 449 g/mol. The van der Waals surface area contributed by atoms with Gasteiger partial charge in [0.15, 0.2) is 5.13 Å². The van der Waals surface area contributed by atoms with Gasteiger partial charge in [0.2, 0.25) is 0 Å². The number of para-hydroxylation sites is 1. The van der Waals surface area contributed by atoms with Gasteiger partial charge in [-0.25, -0.2) is 9.97 Å². The summed E-state index contributed by atoms with van der Waals surface area (Å²) >= 11 is 13.8. The Morgan fingerprint density at radius 1 is 0.867 bits per heavy atom. The summed E-state index contributed by atoms with van der Waals surface area (Å²) in [5.74, 6) is -0.257. The fourth-order valence-corrected chi connectivity index (χ4v) is 4.66. The summed E-state index contributed by atoms with van der Waals surface area (Å²) in [6.07, 6.45) is 0. The van der Waals surface area contributed by atoms with E-state index in [2.05, 4.69) is 10.3 Å². The molecule has 2 heterocycles. The molecule has 2 aromatic heterocycles. The number of fused-ring (bicyclic) bond motifs is 2. The van der Waals surface area contributed by atoms with Crippen LogP contribution in [-0.4, -0.2) is 15.9 Å². The third-order valence-electron chi connectivity index (χ3n) is 4.68. The van der Waals surface area contributed by atoms with Gasteiger partial charge in [-0.1, -0.05) is 70.9 Å². The highest BCUT2D eigenvalue weighted by Gasteiger charge is 2.17. The van der Waals surface area contributed by atoms with Crippen LogP contribution >= 0.6 is 34.5 Å². The van der Waals surface area contributed by atoms with Crippen LogP contribution in [0.25, 0.3) is 32.4 Å². The molecular formula is C23H13Cl2N3OS. The molecule has 146 valence electrons. The molecule has 0 unspecified atom stereocenters. The average molecular weight is 450 g/mol. The number of aromatic nitrogens is 2.